The lowest BCUT2D eigenvalue weighted by Gasteiger charge is -2.28. The van der Waals surface area contributed by atoms with E-state index in [1.807, 2.05) is 30.3 Å². The van der Waals surface area contributed by atoms with Crippen molar-refractivity contribution in [2.75, 3.05) is 6.61 Å². The molecular formula is C20H24O2. The summed E-state index contributed by atoms with van der Waals surface area (Å²) in [6.45, 7) is 3.75. The number of hydrogen-bond acceptors (Lipinski definition) is 2. The molecule has 3 rings (SSSR count). The molecule has 2 aromatic rings. The minimum Gasteiger partial charge on any atom is -0.489 e. The first-order valence-electron chi connectivity index (χ1n) is 8.23. The van der Waals surface area contributed by atoms with Crippen molar-refractivity contribution in [3.8, 4) is 5.75 Å². The van der Waals surface area contributed by atoms with Crippen LogP contribution in [0.1, 0.15) is 43.4 Å². The highest BCUT2D eigenvalue weighted by molar-refractivity contribution is 5.29. The van der Waals surface area contributed by atoms with Crippen LogP contribution in [0.4, 0.5) is 0 Å². The van der Waals surface area contributed by atoms with E-state index in [0.29, 0.717) is 6.61 Å². The van der Waals surface area contributed by atoms with Gasteiger partial charge in [0.05, 0.1) is 12.7 Å². The maximum atomic E-state index is 6.00. The van der Waals surface area contributed by atoms with Gasteiger partial charge in [-0.15, -0.1) is 0 Å². The van der Waals surface area contributed by atoms with Crippen LogP contribution in [0.3, 0.4) is 0 Å². The highest BCUT2D eigenvalue weighted by Crippen LogP contribution is 2.32. The van der Waals surface area contributed by atoms with Crippen molar-refractivity contribution in [1.82, 2.24) is 0 Å². The van der Waals surface area contributed by atoms with E-state index >= 15 is 0 Å². The molecule has 0 aromatic heterocycles. The van der Waals surface area contributed by atoms with E-state index in [1.165, 1.54) is 24.0 Å². The van der Waals surface area contributed by atoms with Crippen molar-refractivity contribution in [2.45, 2.75) is 38.9 Å². The molecule has 1 saturated heterocycles. The summed E-state index contributed by atoms with van der Waals surface area (Å²) in [4.78, 5) is 0. The van der Waals surface area contributed by atoms with Crippen molar-refractivity contribution < 1.29 is 9.47 Å². The third-order valence-corrected chi connectivity index (χ3v) is 4.45. The minimum absolute atomic E-state index is 0.256. The summed E-state index contributed by atoms with van der Waals surface area (Å²) in [5.41, 5.74) is 2.45. The van der Waals surface area contributed by atoms with E-state index in [4.69, 9.17) is 9.47 Å². The Morgan fingerprint density at radius 3 is 2.41 bits per heavy atom. The lowest BCUT2D eigenvalue weighted by molar-refractivity contribution is -0.0181. The molecule has 2 atom stereocenters. The zero-order valence-corrected chi connectivity index (χ0v) is 13.2. The molecule has 2 heteroatoms. The van der Waals surface area contributed by atoms with Gasteiger partial charge >= 0.3 is 0 Å². The van der Waals surface area contributed by atoms with Gasteiger partial charge in [-0.05, 0) is 42.0 Å². The first-order chi connectivity index (χ1) is 10.8. The summed E-state index contributed by atoms with van der Waals surface area (Å²) in [7, 11) is 0. The minimum atomic E-state index is 0.256. The van der Waals surface area contributed by atoms with Crippen molar-refractivity contribution in [2.24, 2.45) is 5.92 Å². The van der Waals surface area contributed by atoms with Gasteiger partial charge in [0.15, 0.2) is 0 Å². The standard InChI is InChI=1S/C20H24O2/c1-2-16-8-13-20(22-14-16)18-9-11-19(12-10-18)21-15-17-6-4-3-5-7-17/h3-7,9-12,16,20H,2,8,13-15H2,1H3/t16-,20-/m1/s1. The first kappa shape index (κ1) is 15.1. The summed E-state index contributed by atoms with van der Waals surface area (Å²) in [6, 6.07) is 18.6. The second kappa shape index (κ2) is 7.46. The van der Waals surface area contributed by atoms with E-state index in [-0.39, 0.29) is 6.10 Å². The Bertz CT molecular complexity index is 554. The summed E-state index contributed by atoms with van der Waals surface area (Å²) in [5.74, 6) is 1.65. The van der Waals surface area contributed by atoms with Crippen molar-refractivity contribution in [3.05, 3.63) is 65.7 Å². The first-order valence-corrected chi connectivity index (χ1v) is 8.23. The molecule has 0 unspecified atom stereocenters. The Kier molecular flexibility index (Phi) is 5.12. The third kappa shape index (κ3) is 3.89. The Morgan fingerprint density at radius 2 is 1.77 bits per heavy atom. The SMILES string of the molecule is CC[C@@H]1CC[C@H](c2ccc(OCc3ccccc3)cc2)OC1. The predicted octanol–water partition coefficient (Wildman–Crippen LogP) is 5.14. The molecule has 1 aliphatic heterocycles. The van der Waals surface area contributed by atoms with Crippen LogP contribution in [0.15, 0.2) is 54.6 Å². The predicted molar refractivity (Wildman–Crippen MR) is 88.9 cm³/mol. The van der Waals surface area contributed by atoms with Crippen LogP contribution < -0.4 is 4.74 Å². The largest absolute Gasteiger partial charge is 0.489 e. The molecule has 116 valence electrons. The normalized spacial score (nSPS) is 21.5. The van der Waals surface area contributed by atoms with Crippen LogP contribution in [0.25, 0.3) is 0 Å². The molecule has 0 saturated carbocycles. The molecule has 2 nitrogen and oxygen atoms in total. The average molecular weight is 296 g/mol. The number of hydrogen-bond donors (Lipinski definition) is 0. The summed E-state index contributed by atoms with van der Waals surface area (Å²) >= 11 is 0. The van der Waals surface area contributed by atoms with E-state index in [9.17, 15) is 0 Å². The molecule has 0 amide bonds. The molecule has 1 heterocycles. The molecule has 22 heavy (non-hydrogen) atoms. The maximum absolute atomic E-state index is 6.00. The molecule has 0 aliphatic carbocycles. The van der Waals surface area contributed by atoms with E-state index < -0.39 is 0 Å². The van der Waals surface area contributed by atoms with E-state index in [1.54, 1.807) is 0 Å². The molecule has 0 bridgehead atoms. The Hall–Kier alpha value is -1.80. The zero-order chi connectivity index (χ0) is 15.2. The van der Waals surface area contributed by atoms with Gasteiger partial charge in [0.2, 0.25) is 0 Å². The van der Waals surface area contributed by atoms with Crippen LogP contribution in [-0.2, 0) is 11.3 Å². The molecular weight excluding hydrogens is 272 g/mol. The fourth-order valence-corrected chi connectivity index (χ4v) is 2.91. The Morgan fingerprint density at radius 1 is 1.00 bits per heavy atom. The van der Waals surface area contributed by atoms with Gasteiger partial charge in [-0.3, -0.25) is 0 Å². The van der Waals surface area contributed by atoms with Crippen LogP contribution in [0.2, 0.25) is 0 Å². The van der Waals surface area contributed by atoms with Crippen molar-refractivity contribution in [3.63, 3.8) is 0 Å². The molecule has 1 fully saturated rings. The maximum Gasteiger partial charge on any atom is 0.119 e. The number of rotatable bonds is 5. The molecule has 1 aliphatic rings. The topological polar surface area (TPSA) is 18.5 Å². The summed E-state index contributed by atoms with van der Waals surface area (Å²) < 4.78 is 11.8. The van der Waals surface area contributed by atoms with Gasteiger partial charge in [-0.2, -0.15) is 0 Å². The second-order valence-electron chi connectivity index (χ2n) is 6.02. The lowest BCUT2D eigenvalue weighted by Crippen LogP contribution is -2.20. The van der Waals surface area contributed by atoms with Crippen LogP contribution in [0, 0.1) is 5.92 Å². The molecule has 0 N–H and O–H groups in total. The monoisotopic (exact) mass is 296 g/mol. The van der Waals surface area contributed by atoms with Crippen molar-refractivity contribution in [1.29, 1.82) is 0 Å². The Balaban J connectivity index is 1.54. The fourth-order valence-electron chi connectivity index (χ4n) is 2.91. The van der Waals surface area contributed by atoms with Gasteiger partial charge in [0.1, 0.15) is 12.4 Å². The van der Waals surface area contributed by atoms with Crippen LogP contribution in [0.5, 0.6) is 5.75 Å². The van der Waals surface area contributed by atoms with Crippen LogP contribution >= 0.6 is 0 Å². The molecule has 0 radical (unpaired) electrons. The quantitative estimate of drug-likeness (QED) is 0.760. The smallest absolute Gasteiger partial charge is 0.119 e. The van der Waals surface area contributed by atoms with Gasteiger partial charge in [0, 0.05) is 0 Å². The van der Waals surface area contributed by atoms with Gasteiger partial charge in [0.25, 0.3) is 0 Å². The van der Waals surface area contributed by atoms with Gasteiger partial charge in [-0.1, -0.05) is 55.8 Å². The highest BCUT2D eigenvalue weighted by atomic mass is 16.5. The Labute approximate surface area is 133 Å². The third-order valence-electron chi connectivity index (χ3n) is 4.45. The fraction of sp³-hybridized carbons (Fsp3) is 0.400. The molecule has 2 aromatic carbocycles. The van der Waals surface area contributed by atoms with Crippen LogP contribution in [-0.4, -0.2) is 6.61 Å². The van der Waals surface area contributed by atoms with Gasteiger partial charge in [-0.25, -0.2) is 0 Å². The summed E-state index contributed by atoms with van der Waals surface area (Å²) in [5, 5.41) is 0. The van der Waals surface area contributed by atoms with E-state index in [2.05, 4.69) is 31.2 Å². The highest BCUT2D eigenvalue weighted by Gasteiger charge is 2.21. The van der Waals surface area contributed by atoms with E-state index in [0.717, 1.165) is 24.7 Å². The zero-order valence-electron chi connectivity index (χ0n) is 13.2. The number of benzene rings is 2. The van der Waals surface area contributed by atoms with Gasteiger partial charge < -0.3 is 9.47 Å². The lowest BCUT2D eigenvalue weighted by atomic mass is 9.93. The number of ether oxygens (including phenoxy) is 2. The van der Waals surface area contributed by atoms with Crippen molar-refractivity contribution >= 4 is 0 Å². The molecule has 0 spiro atoms. The second-order valence-corrected chi connectivity index (χ2v) is 6.02. The summed E-state index contributed by atoms with van der Waals surface area (Å²) in [6.07, 6.45) is 3.88. The average Bonchev–Trinajstić information content (AvgIpc) is 2.61.